The van der Waals surface area contributed by atoms with E-state index in [2.05, 4.69) is 5.32 Å². The van der Waals surface area contributed by atoms with Crippen LogP contribution < -0.4 is 5.32 Å². The molecule has 0 radical (unpaired) electrons. The smallest absolute Gasteiger partial charge is 0.334 e. The van der Waals surface area contributed by atoms with Gasteiger partial charge in [0.25, 0.3) is 0 Å². The molecule has 7 heteroatoms. The number of imide groups is 2. The van der Waals surface area contributed by atoms with Crippen LogP contribution in [0.15, 0.2) is 0 Å². The molecule has 0 aromatic heterocycles. The van der Waals surface area contributed by atoms with Crippen molar-refractivity contribution < 1.29 is 19.2 Å². The molecule has 0 spiro atoms. The molecular weight excluding hydrogens is 262 g/mol. The van der Waals surface area contributed by atoms with Crippen molar-refractivity contribution in [1.29, 1.82) is 0 Å². The number of likely N-dealkylation sites (N-methyl/N-ethyl adjacent to an activating group) is 1. The first kappa shape index (κ1) is 14.5. The monoisotopic (exact) mass is 281 g/mol. The highest BCUT2D eigenvalue weighted by Crippen LogP contribution is 2.31. The zero-order chi connectivity index (χ0) is 14.9. The third-order valence-corrected chi connectivity index (χ3v) is 4.06. The van der Waals surface area contributed by atoms with E-state index in [1.165, 1.54) is 7.05 Å². The van der Waals surface area contributed by atoms with E-state index >= 15 is 0 Å². The first-order valence-corrected chi connectivity index (χ1v) is 6.87. The van der Waals surface area contributed by atoms with Crippen LogP contribution in [0.4, 0.5) is 4.79 Å². The Morgan fingerprint density at radius 3 is 2.45 bits per heavy atom. The third kappa shape index (κ3) is 2.39. The lowest BCUT2D eigenvalue weighted by molar-refractivity contribution is -0.145. The average Bonchev–Trinajstić information content (AvgIpc) is 2.64. The lowest BCUT2D eigenvalue weighted by Gasteiger charge is -2.34. The van der Waals surface area contributed by atoms with Gasteiger partial charge >= 0.3 is 17.8 Å². The Hall–Kier alpha value is -1.92. The van der Waals surface area contributed by atoms with Gasteiger partial charge in [-0.05, 0) is 18.8 Å². The number of urea groups is 1. The first-order valence-electron chi connectivity index (χ1n) is 6.87. The summed E-state index contributed by atoms with van der Waals surface area (Å²) >= 11 is 0. The van der Waals surface area contributed by atoms with Crippen LogP contribution >= 0.6 is 0 Å². The summed E-state index contributed by atoms with van der Waals surface area (Å²) in [4.78, 5) is 49.2. The number of nitrogens with one attached hydrogen (secondary N) is 1. The molecule has 110 valence electrons. The fraction of sp³-hybridized carbons (Fsp3) is 0.692. The van der Waals surface area contributed by atoms with Crippen molar-refractivity contribution in [3.05, 3.63) is 0 Å². The maximum Gasteiger partial charge on any atom is 0.334 e. The zero-order valence-electron chi connectivity index (χ0n) is 11.7. The molecular formula is C13H19N3O4. The standard InChI is InChI=1S/C13H19N3O4/c1-8-5-3-4-6-9(8)16-12(19)11(18)15(13(16)20)7-10(17)14-2/h8-9H,3-7H2,1-2H3,(H,14,17)/t8-,9+/m0/s1. The van der Waals surface area contributed by atoms with Crippen molar-refractivity contribution in [2.75, 3.05) is 13.6 Å². The summed E-state index contributed by atoms with van der Waals surface area (Å²) in [6.45, 7) is 1.58. The highest BCUT2D eigenvalue weighted by molar-refractivity contribution is 6.45. The normalized spacial score (nSPS) is 27.2. The molecule has 2 atom stereocenters. The van der Waals surface area contributed by atoms with E-state index in [-0.39, 0.29) is 12.0 Å². The molecule has 1 aliphatic carbocycles. The second-order valence-corrected chi connectivity index (χ2v) is 5.35. The molecule has 1 heterocycles. The lowest BCUT2D eigenvalue weighted by Crippen LogP contribution is -2.46. The highest BCUT2D eigenvalue weighted by atomic mass is 16.2. The van der Waals surface area contributed by atoms with Crippen LogP contribution in [-0.4, -0.2) is 53.2 Å². The molecule has 0 aromatic rings. The van der Waals surface area contributed by atoms with Crippen molar-refractivity contribution in [3.8, 4) is 0 Å². The van der Waals surface area contributed by atoms with Gasteiger partial charge in [0.05, 0.1) is 0 Å². The Kier molecular flexibility index (Phi) is 4.06. The predicted molar refractivity (Wildman–Crippen MR) is 69.4 cm³/mol. The Morgan fingerprint density at radius 1 is 1.20 bits per heavy atom. The summed E-state index contributed by atoms with van der Waals surface area (Å²) in [5, 5.41) is 2.34. The van der Waals surface area contributed by atoms with Crippen LogP contribution in [0.25, 0.3) is 0 Å². The fourth-order valence-electron chi connectivity index (χ4n) is 2.86. The van der Waals surface area contributed by atoms with E-state index in [0.29, 0.717) is 0 Å². The molecule has 7 nitrogen and oxygen atoms in total. The van der Waals surface area contributed by atoms with Gasteiger partial charge in [-0.3, -0.25) is 19.3 Å². The van der Waals surface area contributed by atoms with Gasteiger partial charge in [0, 0.05) is 13.1 Å². The summed E-state index contributed by atoms with van der Waals surface area (Å²) in [5.74, 6) is -2.00. The van der Waals surface area contributed by atoms with Crippen molar-refractivity contribution in [3.63, 3.8) is 0 Å². The largest absolute Gasteiger partial charge is 0.358 e. The Labute approximate surface area is 117 Å². The minimum atomic E-state index is -0.906. The van der Waals surface area contributed by atoms with Crippen LogP contribution in [0.5, 0.6) is 0 Å². The van der Waals surface area contributed by atoms with Gasteiger partial charge in [0.1, 0.15) is 6.54 Å². The second kappa shape index (κ2) is 5.60. The number of nitrogens with zero attached hydrogens (tertiary/aromatic N) is 2. The molecule has 2 aliphatic rings. The number of hydrogen-bond donors (Lipinski definition) is 1. The first-order chi connectivity index (χ1) is 9.47. The zero-order valence-corrected chi connectivity index (χ0v) is 11.7. The summed E-state index contributed by atoms with van der Waals surface area (Å²) in [5.41, 5.74) is 0. The maximum absolute atomic E-state index is 12.3. The van der Waals surface area contributed by atoms with Crippen LogP contribution in [-0.2, 0) is 14.4 Å². The van der Waals surface area contributed by atoms with E-state index < -0.39 is 30.3 Å². The van der Waals surface area contributed by atoms with Gasteiger partial charge in [0.15, 0.2) is 0 Å². The minimum Gasteiger partial charge on any atom is -0.358 e. The molecule has 1 aliphatic heterocycles. The van der Waals surface area contributed by atoms with E-state index in [9.17, 15) is 19.2 Å². The predicted octanol–water partition coefficient (Wildman–Crippen LogP) is 0.102. The number of carbonyl (C=O) groups excluding carboxylic acids is 4. The quantitative estimate of drug-likeness (QED) is 0.587. The van der Waals surface area contributed by atoms with Crippen molar-refractivity contribution in [2.45, 2.75) is 38.6 Å². The van der Waals surface area contributed by atoms with Crippen LogP contribution in [0.3, 0.4) is 0 Å². The number of hydrogen-bond acceptors (Lipinski definition) is 4. The summed E-state index contributed by atoms with van der Waals surface area (Å²) in [7, 11) is 1.41. The van der Waals surface area contributed by atoms with Gasteiger partial charge in [-0.25, -0.2) is 9.69 Å². The molecule has 0 bridgehead atoms. The molecule has 1 N–H and O–H groups in total. The lowest BCUT2D eigenvalue weighted by atomic mass is 9.85. The molecule has 5 amide bonds. The van der Waals surface area contributed by atoms with E-state index in [4.69, 9.17) is 0 Å². The van der Waals surface area contributed by atoms with Crippen LogP contribution in [0.1, 0.15) is 32.6 Å². The van der Waals surface area contributed by atoms with Crippen LogP contribution in [0, 0.1) is 5.92 Å². The second-order valence-electron chi connectivity index (χ2n) is 5.35. The van der Waals surface area contributed by atoms with E-state index in [0.717, 1.165) is 35.5 Å². The molecule has 0 aromatic carbocycles. The van der Waals surface area contributed by atoms with Crippen molar-refractivity contribution in [2.24, 2.45) is 5.92 Å². The topological polar surface area (TPSA) is 86.8 Å². The average molecular weight is 281 g/mol. The maximum atomic E-state index is 12.3. The molecule has 20 heavy (non-hydrogen) atoms. The molecule has 1 saturated carbocycles. The Morgan fingerprint density at radius 2 is 1.85 bits per heavy atom. The van der Waals surface area contributed by atoms with Crippen LogP contribution in [0.2, 0.25) is 0 Å². The van der Waals surface area contributed by atoms with Gasteiger partial charge in [-0.1, -0.05) is 19.8 Å². The summed E-state index contributed by atoms with van der Waals surface area (Å²) in [6.07, 6.45) is 3.67. The molecule has 2 rings (SSSR count). The fourth-order valence-corrected chi connectivity index (χ4v) is 2.86. The van der Waals surface area contributed by atoms with Gasteiger partial charge in [0.2, 0.25) is 5.91 Å². The number of carbonyl (C=O) groups is 4. The van der Waals surface area contributed by atoms with Crippen molar-refractivity contribution in [1.82, 2.24) is 15.1 Å². The summed E-state index contributed by atoms with van der Waals surface area (Å²) in [6, 6.07) is -0.898. The van der Waals surface area contributed by atoms with Gasteiger partial charge in [-0.2, -0.15) is 0 Å². The summed E-state index contributed by atoms with van der Waals surface area (Å²) < 4.78 is 0. The van der Waals surface area contributed by atoms with E-state index in [1.54, 1.807) is 0 Å². The number of rotatable bonds is 3. The Bertz CT molecular complexity index is 463. The Balaban J connectivity index is 2.18. The minimum absolute atomic E-state index is 0.185. The highest BCUT2D eigenvalue weighted by Gasteiger charge is 2.49. The van der Waals surface area contributed by atoms with Crippen molar-refractivity contribution >= 4 is 23.8 Å². The molecule has 2 fully saturated rings. The SMILES string of the molecule is CNC(=O)CN1C(=O)C(=O)N([C@@H]2CCCC[C@@H]2C)C1=O. The van der Waals surface area contributed by atoms with Gasteiger partial charge < -0.3 is 5.32 Å². The molecule has 1 saturated heterocycles. The van der Waals surface area contributed by atoms with Gasteiger partial charge in [-0.15, -0.1) is 0 Å². The third-order valence-electron chi connectivity index (χ3n) is 4.06. The van der Waals surface area contributed by atoms with E-state index in [1.807, 2.05) is 6.92 Å². The number of amides is 5. The molecule has 0 unspecified atom stereocenters.